The van der Waals surface area contributed by atoms with Gasteiger partial charge in [-0.25, -0.2) is 0 Å². The average molecular weight is 751 g/mol. The van der Waals surface area contributed by atoms with E-state index in [-0.39, 0.29) is 31.1 Å². The maximum atomic E-state index is 12.7. The molecule has 0 aliphatic carbocycles. The highest BCUT2D eigenvalue weighted by Crippen LogP contribution is 2.16. The molecule has 0 aromatic heterocycles. The Morgan fingerprint density at radius 1 is 0.358 bits per heavy atom. The lowest BCUT2D eigenvalue weighted by Gasteiger charge is -2.18. The van der Waals surface area contributed by atoms with E-state index in [1.165, 1.54) is 141 Å². The summed E-state index contributed by atoms with van der Waals surface area (Å²) in [5.74, 6) is 0.747. The molecule has 6 nitrogen and oxygen atoms in total. The topological polar surface area (TPSA) is 78.9 Å². The molecule has 0 aliphatic rings. The summed E-state index contributed by atoms with van der Waals surface area (Å²) < 4.78 is 16.7. The van der Waals surface area contributed by atoms with Gasteiger partial charge in [-0.15, -0.1) is 0 Å². The number of ether oxygens (including phenoxy) is 3. The molecule has 0 fully saturated rings. The van der Waals surface area contributed by atoms with Gasteiger partial charge >= 0.3 is 17.9 Å². The van der Waals surface area contributed by atoms with Crippen LogP contribution < -0.4 is 0 Å². The molecule has 0 radical (unpaired) electrons. The minimum atomic E-state index is -0.760. The summed E-state index contributed by atoms with van der Waals surface area (Å²) in [6.07, 6.45) is 38.0. The molecule has 6 heteroatoms. The molecule has 0 unspecified atom stereocenters. The van der Waals surface area contributed by atoms with Crippen LogP contribution in [-0.4, -0.2) is 37.2 Å². The largest absolute Gasteiger partial charge is 0.462 e. The maximum absolute atomic E-state index is 12.7. The number of carbonyl (C=O) groups excluding carboxylic acids is 3. The molecule has 0 heterocycles. The first-order valence-corrected chi connectivity index (χ1v) is 23.2. The van der Waals surface area contributed by atoms with Crippen molar-refractivity contribution in [1.82, 2.24) is 0 Å². The normalized spacial score (nSPS) is 12.1. The van der Waals surface area contributed by atoms with Crippen LogP contribution in [0.3, 0.4) is 0 Å². The van der Waals surface area contributed by atoms with Gasteiger partial charge in [0.1, 0.15) is 13.2 Å². The third-order valence-electron chi connectivity index (χ3n) is 10.5. The fourth-order valence-electron chi connectivity index (χ4n) is 6.93. The summed E-state index contributed by atoms with van der Waals surface area (Å²) in [6.45, 7) is 11.3. The van der Waals surface area contributed by atoms with Gasteiger partial charge in [-0.3, -0.25) is 14.4 Å². The van der Waals surface area contributed by atoms with Crippen LogP contribution >= 0.6 is 0 Å². The van der Waals surface area contributed by atoms with Crippen molar-refractivity contribution < 1.29 is 28.6 Å². The van der Waals surface area contributed by atoms with Crippen molar-refractivity contribution in [2.45, 2.75) is 259 Å². The number of unbranched alkanes of at least 4 members (excludes halogenated alkanes) is 26. The Labute approximate surface area is 329 Å². The summed E-state index contributed by atoms with van der Waals surface area (Å²) in [4.78, 5) is 37.7. The van der Waals surface area contributed by atoms with Crippen molar-refractivity contribution in [2.75, 3.05) is 13.2 Å². The van der Waals surface area contributed by atoms with E-state index in [0.717, 1.165) is 69.6 Å². The molecule has 0 aliphatic heterocycles. The first-order valence-electron chi connectivity index (χ1n) is 23.2. The van der Waals surface area contributed by atoms with Crippen molar-refractivity contribution in [3.63, 3.8) is 0 Å². The second kappa shape index (κ2) is 40.1. The van der Waals surface area contributed by atoms with Gasteiger partial charge in [-0.05, 0) is 31.1 Å². The highest BCUT2D eigenvalue weighted by atomic mass is 16.6. The lowest BCUT2D eigenvalue weighted by atomic mass is 10.0. The molecule has 0 saturated carbocycles. The van der Waals surface area contributed by atoms with Crippen LogP contribution in [0.15, 0.2) is 0 Å². The Balaban J connectivity index is 4.34. The number of hydrogen-bond donors (Lipinski definition) is 0. The molecular weight excluding hydrogens is 661 g/mol. The molecule has 0 spiro atoms. The fourth-order valence-corrected chi connectivity index (χ4v) is 6.93. The van der Waals surface area contributed by atoms with Gasteiger partial charge in [0, 0.05) is 19.3 Å². The molecule has 0 aromatic carbocycles. The summed E-state index contributed by atoms with van der Waals surface area (Å²) in [6, 6.07) is 0. The van der Waals surface area contributed by atoms with E-state index in [4.69, 9.17) is 14.2 Å². The molecule has 0 bridgehead atoms. The molecular formula is C47H90O6. The van der Waals surface area contributed by atoms with Crippen LogP contribution in [-0.2, 0) is 28.6 Å². The van der Waals surface area contributed by atoms with Crippen molar-refractivity contribution >= 4 is 17.9 Å². The molecule has 53 heavy (non-hydrogen) atoms. The highest BCUT2D eigenvalue weighted by Gasteiger charge is 2.19. The summed E-state index contributed by atoms with van der Waals surface area (Å²) in [5, 5.41) is 0. The van der Waals surface area contributed by atoms with Crippen LogP contribution in [0.1, 0.15) is 253 Å². The second-order valence-electron chi connectivity index (χ2n) is 17.0. The standard InChI is InChI=1S/C47H90O6/c1-6-7-8-9-10-11-12-13-16-24-29-34-39-47(50)53-44(41-52-46(49)38-33-28-23-19-18-21-26-31-36-43(4)5)40-51-45(48)37-32-27-22-17-14-15-20-25-30-35-42(2)3/h42-44H,6-41H2,1-5H3/t44-/m1/s1. The van der Waals surface area contributed by atoms with E-state index in [2.05, 4.69) is 34.6 Å². The molecule has 1 atom stereocenters. The van der Waals surface area contributed by atoms with Crippen molar-refractivity contribution in [1.29, 1.82) is 0 Å². The predicted molar refractivity (Wildman–Crippen MR) is 224 cm³/mol. The minimum Gasteiger partial charge on any atom is -0.462 e. The van der Waals surface area contributed by atoms with E-state index in [1.807, 2.05) is 0 Å². The Hall–Kier alpha value is -1.59. The smallest absolute Gasteiger partial charge is 0.306 e. The molecule has 0 amide bonds. The third kappa shape index (κ3) is 41.4. The maximum Gasteiger partial charge on any atom is 0.306 e. The zero-order valence-electron chi connectivity index (χ0n) is 36.1. The fraction of sp³-hybridized carbons (Fsp3) is 0.936. The number of hydrogen-bond acceptors (Lipinski definition) is 6. The highest BCUT2D eigenvalue weighted by molar-refractivity contribution is 5.71. The quantitative estimate of drug-likeness (QED) is 0.0352. The van der Waals surface area contributed by atoms with Crippen molar-refractivity contribution in [3.8, 4) is 0 Å². The zero-order chi connectivity index (χ0) is 39.0. The SMILES string of the molecule is CCCCCCCCCCCCCCC(=O)O[C@H](COC(=O)CCCCCCCCCCCC(C)C)COC(=O)CCCCCCCCCCC(C)C. The van der Waals surface area contributed by atoms with E-state index in [1.54, 1.807) is 0 Å². The van der Waals surface area contributed by atoms with Gasteiger partial charge in [-0.1, -0.05) is 214 Å². The first kappa shape index (κ1) is 51.4. The van der Waals surface area contributed by atoms with Gasteiger partial charge < -0.3 is 14.2 Å². The Morgan fingerprint density at radius 2 is 0.623 bits per heavy atom. The number of esters is 3. The van der Waals surface area contributed by atoms with Gasteiger partial charge in [0.2, 0.25) is 0 Å². The van der Waals surface area contributed by atoms with E-state index in [0.29, 0.717) is 19.3 Å². The Kier molecular flexibility index (Phi) is 38.9. The Morgan fingerprint density at radius 3 is 0.925 bits per heavy atom. The zero-order valence-corrected chi connectivity index (χ0v) is 36.1. The van der Waals surface area contributed by atoms with Crippen LogP contribution in [0.25, 0.3) is 0 Å². The predicted octanol–water partition coefficient (Wildman–Crippen LogP) is 14.6. The lowest BCUT2D eigenvalue weighted by Crippen LogP contribution is -2.30. The van der Waals surface area contributed by atoms with Gasteiger partial charge in [0.15, 0.2) is 6.10 Å². The van der Waals surface area contributed by atoms with E-state index < -0.39 is 6.10 Å². The summed E-state index contributed by atoms with van der Waals surface area (Å²) in [7, 11) is 0. The van der Waals surface area contributed by atoms with E-state index >= 15 is 0 Å². The summed E-state index contributed by atoms with van der Waals surface area (Å²) in [5.41, 5.74) is 0. The summed E-state index contributed by atoms with van der Waals surface area (Å²) >= 11 is 0. The molecule has 0 aromatic rings. The lowest BCUT2D eigenvalue weighted by molar-refractivity contribution is -0.167. The van der Waals surface area contributed by atoms with Gasteiger partial charge in [-0.2, -0.15) is 0 Å². The van der Waals surface area contributed by atoms with E-state index in [9.17, 15) is 14.4 Å². The van der Waals surface area contributed by atoms with Crippen molar-refractivity contribution in [3.05, 3.63) is 0 Å². The molecule has 0 N–H and O–H groups in total. The Bertz CT molecular complexity index is 809. The second-order valence-corrected chi connectivity index (χ2v) is 17.0. The molecule has 0 rings (SSSR count). The van der Waals surface area contributed by atoms with Crippen LogP contribution in [0.2, 0.25) is 0 Å². The van der Waals surface area contributed by atoms with Crippen LogP contribution in [0.4, 0.5) is 0 Å². The molecule has 0 saturated heterocycles. The first-order chi connectivity index (χ1) is 25.7. The van der Waals surface area contributed by atoms with Crippen LogP contribution in [0.5, 0.6) is 0 Å². The van der Waals surface area contributed by atoms with Gasteiger partial charge in [0.25, 0.3) is 0 Å². The number of carbonyl (C=O) groups is 3. The average Bonchev–Trinajstić information content (AvgIpc) is 3.12. The third-order valence-corrected chi connectivity index (χ3v) is 10.5. The van der Waals surface area contributed by atoms with Crippen LogP contribution in [0, 0.1) is 11.8 Å². The van der Waals surface area contributed by atoms with Gasteiger partial charge in [0.05, 0.1) is 0 Å². The minimum absolute atomic E-state index is 0.0652. The number of rotatable bonds is 41. The monoisotopic (exact) mass is 751 g/mol. The van der Waals surface area contributed by atoms with Crippen molar-refractivity contribution in [2.24, 2.45) is 11.8 Å². The molecule has 314 valence electrons.